The summed E-state index contributed by atoms with van der Waals surface area (Å²) in [5, 5.41) is 5.34. The zero-order valence-electron chi connectivity index (χ0n) is 14.4. The molecule has 6 nitrogen and oxygen atoms in total. The van der Waals surface area contributed by atoms with Crippen LogP contribution in [0.2, 0.25) is 0 Å². The van der Waals surface area contributed by atoms with E-state index in [1.165, 1.54) is 0 Å². The van der Waals surface area contributed by atoms with E-state index < -0.39 is 0 Å². The summed E-state index contributed by atoms with van der Waals surface area (Å²) in [7, 11) is 0. The van der Waals surface area contributed by atoms with Gasteiger partial charge < -0.3 is 10.5 Å². The predicted molar refractivity (Wildman–Crippen MR) is 100 cm³/mol. The van der Waals surface area contributed by atoms with Crippen molar-refractivity contribution in [2.24, 2.45) is 5.73 Å². The van der Waals surface area contributed by atoms with Crippen LogP contribution in [-0.4, -0.2) is 25.8 Å². The monoisotopic (exact) mass is 345 g/mol. The van der Waals surface area contributed by atoms with Gasteiger partial charge in [0.05, 0.1) is 11.7 Å². The Morgan fingerprint density at radius 1 is 1.00 bits per heavy atom. The summed E-state index contributed by atoms with van der Waals surface area (Å²) in [6.45, 7) is 1.95. The third kappa shape index (κ3) is 3.14. The number of hydrogen-bond donors (Lipinski definition) is 1. The third-order valence-electron chi connectivity index (χ3n) is 4.15. The molecule has 0 aliphatic heterocycles. The molecular formula is C20H19N5O. The standard InChI is InChI=1S/C20H19N5O/c1-14(21)19(15-6-3-2-4-7-15)26-17-8-9-18-16(12-17)13-24-25(18)20-22-10-5-11-23-20/h2-14,19H,21H2,1H3/t14-,19-/m0/s1. The van der Waals surface area contributed by atoms with E-state index in [9.17, 15) is 0 Å². The van der Waals surface area contributed by atoms with Crippen LogP contribution in [0.15, 0.2) is 73.2 Å². The van der Waals surface area contributed by atoms with Crippen molar-refractivity contribution in [1.29, 1.82) is 0 Å². The van der Waals surface area contributed by atoms with Gasteiger partial charge in [0.1, 0.15) is 11.9 Å². The summed E-state index contributed by atoms with van der Waals surface area (Å²) in [4.78, 5) is 8.49. The molecule has 26 heavy (non-hydrogen) atoms. The molecule has 2 aromatic carbocycles. The van der Waals surface area contributed by atoms with E-state index in [2.05, 4.69) is 15.1 Å². The van der Waals surface area contributed by atoms with Crippen molar-refractivity contribution < 1.29 is 4.74 Å². The van der Waals surface area contributed by atoms with E-state index in [0.717, 1.165) is 22.2 Å². The number of rotatable bonds is 5. The Balaban J connectivity index is 1.66. The molecule has 0 spiro atoms. The minimum absolute atomic E-state index is 0.145. The lowest BCUT2D eigenvalue weighted by Gasteiger charge is -2.23. The van der Waals surface area contributed by atoms with Gasteiger partial charge in [0.15, 0.2) is 0 Å². The van der Waals surface area contributed by atoms with E-state index in [0.29, 0.717) is 5.95 Å². The number of ether oxygens (including phenoxy) is 1. The molecule has 0 amide bonds. The minimum atomic E-state index is -0.221. The Kier molecular flexibility index (Phi) is 4.33. The molecule has 2 aromatic heterocycles. The molecule has 0 bridgehead atoms. The highest BCUT2D eigenvalue weighted by Crippen LogP contribution is 2.27. The van der Waals surface area contributed by atoms with Crippen molar-refractivity contribution in [1.82, 2.24) is 19.7 Å². The van der Waals surface area contributed by atoms with Crippen molar-refractivity contribution in [2.45, 2.75) is 19.1 Å². The molecule has 0 unspecified atom stereocenters. The fourth-order valence-corrected chi connectivity index (χ4v) is 2.91. The van der Waals surface area contributed by atoms with Crippen LogP contribution in [0, 0.1) is 0 Å². The van der Waals surface area contributed by atoms with Crippen molar-refractivity contribution in [3.8, 4) is 11.7 Å². The molecule has 0 radical (unpaired) electrons. The first kappa shape index (κ1) is 16.2. The second kappa shape index (κ2) is 6.93. The number of benzene rings is 2. The maximum Gasteiger partial charge on any atom is 0.251 e. The lowest BCUT2D eigenvalue weighted by molar-refractivity contribution is 0.180. The van der Waals surface area contributed by atoms with Crippen LogP contribution >= 0.6 is 0 Å². The van der Waals surface area contributed by atoms with Crippen molar-refractivity contribution in [3.05, 3.63) is 78.8 Å². The molecule has 0 aliphatic rings. The van der Waals surface area contributed by atoms with Gasteiger partial charge in [0.2, 0.25) is 0 Å². The average Bonchev–Trinajstić information content (AvgIpc) is 3.10. The second-order valence-electron chi connectivity index (χ2n) is 6.13. The SMILES string of the molecule is C[C@H](N)[C@H](Oc1ccc2c(cnn2-c2ncccn2)c1)c1ccccc1. The number of fused-ring (bicyclic) bond motifs is 1. The second-order valence-corrected chi connectivity index (χ2v) is 6.13. The highest BCUT2D eigenvalue weighted by molar-refractivity contribution is 5.81. The Bertz CT molecular complexity index is 999. The number of hydrogen-bond acceptors (Lipinski definition) is 5. The summed E-state index contributed by atoms with van der Waals surface area (Å²) in [5.41, 5.74) is 8.12. The smallest absolute Gasteiger partial charge is 0.251 e. The van der Waals surface area contributed by atoms with E-state index in [1.807, 2.05) is 55.5 Å². The quantitative estimate of drug-likeness (QED) is 0.600. The fourth-order valence-electron chi connectivity index (χ4n) is 2.91. The van der Waals surface area contributed by atoms with Gasteiger partial charge in [-0.05, 0) is 36.8 Å². The number of aromatic nitrogens is 4. The van der Waals surface area contributed by atoms with Crippen LogP contribution < -0.4 is 10.5 Å². The van der Waals surface area contributed by atoms with E-state index in [4.69, 9.17) is 10.5 Å². The van der Waals surface area contributed by atoms with Crippen molar-refractivity contribution in [3.63, 3.8) is 0 Å². The predicted octanol–water partition coefficient (Wildman–Crippen LogP) is 3.28. The van der Waals surface area contributed by atoms with Gasteiger partial charge in [-0.3, -0.25) is 0 Å². The lowest BCUT2D eigenvalue weighted by atomic mass is 10.0. The van der Waals surface area contributed by atoms with Gasteiger partial charge in [-0.1, -0.05) is 30.3 Å². The molecule has 2 N–H and O–H groups in total. The van der Waals surface area contributed by atoms with Gasteiger partial charge >= 0.3 is 0 Å². The average molecular weight is 345 g/mol. The van der Waals surface area contributed by atoms with Crippen LogP contribution in [0.3, 0.4) is 0 Å². The first-order chi connectivity index (χ1) is 12.7. The van der Waals surface area contributed by atoms with Crippen LogP contribution in [-0.2, 0) is 0 Å². The Morgan fingerprint density at radius 2 is 1.77 bits per heavy atom. The Labute approximate surface area is 151 Å². The van der Waals surface area contributed by atoms with Crippen molar-refractivity contribution in [2.75, 3.05) is 0 Å². The van der Waals surface area contributed by atoms with Crippen molar-refractivity contribution >= 4 is 10.9 Å². The van der Waals surface area contributed by atoms with Crippen LogP contribution in [0.4, 0.5) is 0 Å². The number of nitrogens with zero attached hydrogens (tertiary/aromatic N) is 4. The molecule has 0 fully saturated rings. The van der Waals surface area contributed by atoms with Crippen LogP contribution in [0.25, 0.3) is 16.9 Å². The van der Waals surface area contributed by atoms with Crippen LogP contribution in [0.1, 0.15) is 18.6 Å². The van der Waals surface area contributed by atoms with Gasteiger partial charge in [0.25, 0.3) is 5.95 Å². The Morgan fingerprint density at radius 3 is 2.50 bits per heavy atom. The maximum atomic E-state index is 6.19. The third-order valence-corrected chi connectivity index (χ3v) is 4.15. The highest BCUT2D eigenvalue weighted by atomic mass is 16.5. The van der Waals surface area contributed by atoms with Gasteiger partial charge in [0, 0.05) is 23.8 Å². The normalized spacial score (nSPS) is 13.5. The summed E-state index contributed by atoms with van der Waals surface area (Å²) >= 11 is 0. The van der Waals surface area contributed by atoms with E-state index in [-0.39, 0.29) is 12.1 Å². The maximum absolute atomic E-state index is 6.19. The molecule has 0 aliphatic carbocycles. The molecule has 4 rings (SSSR count). The minimum Gasteiger partial charge on any atom is -0.484 e. The summed E-state index contributed by atoms with van der Waals surface area (Å²) in [5.74, 6) is 1.28. The van der Waals surface area contributed by atoms with Gasteiger partial charge in [-0.25, -0.2) is 9.97 Å². The summed E-state index contributed by atoms with van der Waals surface area (Å²) < 4.78 is 7.90. The largest absolute Gasteiger partial charge is 0.484 e. The zero-order chi connectivity index (χ0) is 17.9. The molecule has 4 aromatic rings. The first-order valence-electron chi connectivity index (χ1n) is 8.45. The number of nitrogens with two attached hydrogens (primary N) is 1. The van der Waals surface area contributed by atoms with E-state index in [1.54, 1.807) is 29.3 Å². The zero-order valence-corrected chi connectivity index (χ0v) is 14.4. The van der Waals surface area contributed by atoms with Gasteiger partial charge in [-0.2, -0.15) is 9.78 Å². The molecular weight excluding hydrogens is 326 g/mol. The lowest BCUT2D eigenvalue weighted by Crippen LogP contribution is -2.29. The molecule has 2 atom stereocenters. The molecule has 2 heterocycles. The highest BCUT2D eigenvalue weighted by Gasteiger charge is 2.18. The van der Waals surface area contributed by atoms with Gasteiger partial charge in [-0.15, -0.1) is 0 Å². The molecule has 0 saturated heterocycles. The summed E-state index contributed by atoms with van der Waals surface area (Å²) in [6.07, 6.45) is 4.95. The Hall–Kier alpha value is -3.25. The van der Waals surface area contributed by atoms with Crippen LogP contribution in [0.5, 0.6) is 5.75 Å². The van der Waals surface area contributed by atoms with E-state index >= 15 is 0 Å². The molecule has 0 saturated carbocycles. The first-order valence-corrected chi connectivity index (χ1v) is 8.45. The fraction of sp³-hybridized carbons (Fsp3) is 0.150. The molecule has 130 valence electrons. The molecule has 6 heteroatoms. The topological polar surface area (TPSA) is 78.9 Å². The summed E-state index contributed by atoms with van der Waals surface area (Å²) in [6, 6.07) is 17.5.